The Morgan fingerprint density at radius 3 is 2.68 bits per heavy atom. The van der Waals surface area contributed by atoms with Crippen molar-refractivity contribution in [2.45, 2.75) is 6.54 Å². The molecule has 0 aliphatic rings. The van der Waals surface area contributed by atoms with E-state index in [2.05, 4.69) is 15.5 Å². The predicted octanol–water partition coefficient (Wildman–Crippen LogP) is 1.86. The molecule has 1 amide bonds. The Hall–Kier alpha value is -2.54. The Balaban J connectivity index is 2.22. The fourth-order valence-electron chi connectivity index (χ4n) is 1.86. The second kappa shape index (κ2) is 6.95. The normalized spacial score (nSPS) is 10.1. The molecule has 0 aliphatic heterocycles. The van der Waals surface area contributed by atoms with Gasteiger partial charge in [-0.25, -0.2) is 0 Å². The maximum absolute atomic E-state index is 11.4. The van der Waals surface area contributed by atoms with Gasteiger partial charge in [0.2, 0.25) is 0 Å². The van der Waals surface area contributed by atoms with E-state index >= 15 is 0 Å². The van der Waals surface area contributed by atoms with Crippen LogP contribution in [0.1, 0.15) is 15.9 Å². The lowest BCUT2D eigenvalue weighted by Crippen LogP contribution is -2.16. The number of carbonyl (C=O) groups is 1. The summed E-state index contributed by atoms with van der Waals surface area (Å²) in [4.78, 5) is 11.4. The first-order valence-electron chi connectivity index (χ1n) is 6.33. The van der Waals surface area contributed by atoms with E-state index in [4.69, 9.17) is 26.8 Å². The van der Waals surface area contributed by atoms with Gasteiger partial charge in [-0.05, 0) is 18.2 Å². The standard InChI is InChI=1S/C14H15ClN4O3/c1-21-9-4-3-8(11(5-9)22-2)7-17-14-10(13(16)20)6-12(15)18-19-14/h3-6H,7H2,1-2H3,(H2,16,20)(H,17,19). The molecular formula is C14H15ClN4O3. The number of amides is 1. The molecule has 116 valence electrons. The van der Waals surface area contributed by atoms with Crippen LogP contribution in [0.2, 0.25) is 5.15 Å². The Morgan fingerprint density at radius 2 is 2.05 bits per heavy atom. The van der Waals surface area contributed by atoms with Crippen molar-refractivity contribution < 1.29 is 14.3 Å². The molecule has 7 nitrogen and oxygen atoms in total. The molecule has 0 unspecified atom stereocenters. The van der Waals surface area contributed by atoms with Gasteiger partial charge >= 0.3 is 0 Å². The minimum absolute atomic E-state index is 0.0985. The molecule has 1 aromatic carbocycles. The number of aromatic nitrogens is 2. The lowest BCUT2D eigenvalue weighted by atomic mass is 10.2. The molecule has 0 fully saturated rings. The van der Waals surface area contributed by atoms with Crippen LogP contribution in [0, 0.1) is 0 Å². The van der Waals surface area contributed by atoms with Crippen LogP contribution in [0.4, 0.5) is 5.82 Å². The van der Waals surface area contributed by atoms with E-state index in [0.717, 1.165) is 5.56 Å². The fourth-order valence-corrected chi connectivity index (χ4v) is 2.01. The van der Waals surface area contributed by atoms with Gasteiger partial charge in [0.15, 0.2) is 11.0 Å². The maximum Gasteiger partial charge on any atom is 0.252 e. The molecule has 8 heteroatoms. The number of anilines is 1. The largest absolute Gasteiger partial charge is 0.497 e. The number of hydrogen-bond donors (Lipinski definition) is 2. The van der Waals surface area contributed by atoms with Gasteiger partial charge < -0.3 is 20.5 Å². The number of halogens is 1. The molecule has 1 aromatic heterocycles. The molecule has 22 heavy (non-hydrogen) atoms. The van der Waals surface area contributed by atoms with Crippen LogP contribution >= 0.6 is 11.6 Å². The first-order valence-corrected chi connectivity index (χ1v) is 6.70. The SMILES string of the molecule is COc1ccc(CNc2nnc(Cl)cc2C(N)=O)c(OC)c1. The van der Waals surface area contributed by atoms with Gasteiger partial charge in [-0.1, -0.05) is 11.6 Å². The van der Waals surface area contributed by atoms with Crippen molar-refractivity contribution in [1.29, 1.82) is 0 Å². The molecule has 2 aromatic rings. The van der Waals surface area contributed by atoms with E-state index in [-0.39, 0.29) is 16.5 Å². The highest BCUT2D eigenvalue weighted by atomic mass is 35.5. The number of nitrogens with two attached hydrogens (primary N) is 1. The van der Waals surface area contributed by atoms with Crippen LogP contribution in [0.3, 0.4) is 0 Å². The molecule has 0 atom stereocenters. The summed E-state index contributed by atoms with van der Waals surface area (Å²) >= 11 is 5.72. The number of hydrogen-bond acceptors (Lipinski definition) is 6. The summed E-state index contributed by atoms with van der Waals surface area (Å²) in [5.41, 5.74) is 6.33. The summed E-state index contributed by atoms with van der Waals surface area (Å²) in [6, 6.07) is 6.78. The zero-order chi connectivity index (χ0) is 16.1. The fraction of sp³-hybridized carbons (Fsp3) is 0.214. The summed E-state index contributed by atoms with van der Waals surface area (Å²) in [5, 5.41) is 10.6. The van der Waals surface area contributed by atoms with Gasteiger partial charge in [0.25, 0.3) is 5.91 Å². The highest BCUT2D eigenvalue weighted by Gasteiger charge is 2.12. The monoisotopic (exact) mass is 322 g/mol. The van der Waals surface area contributed by atoms with E-state index in [1.165, 1.54) is 6.07 Å². The highest BCUT2D eigenvalue weighted by Crippen LogP contribution is 2.25. The Morgan fingerprint density at radius 1 is 1.27 bits per heavy atom. The Bertz CT molecular complexity index is 694. The lowest BCUT2D eigenvalue weighted by molar-refractivity contribution is 0.100. The summed E-state index contributed by atoms with van der Waals surface area (Å²) < 4.78 is 10.4. The second-order valence-electron chi connectivity index (χ2n) is 4.32. The number of benzene rings is 1. The number of ether oxygens (including phenoxy) is 2. The number of rotatable bonds is 6. The Kier molecular flexibility index (Phi) is 5.00. The molecule has 0 saturated heterocycles. The van der Waals surface area contributed by atoms with Crippen molar-refractivity contribution in [1.82, 2.24) is 10.2 Å². The van der Waals surface area contributed by atoms with Gasteiger partial charge in [0, 0.05) is 18.2 Å². The van der Waals surface area contributed by atoms with Gasteiger partial charge in [-0.15, -0.1) is 10.2 Å². The average Bonchev–Trinajstić information content (AvgIpc) is 2.53. The van der Waals surface area contributed by atoms with Gasteiger partial charge in [0.05, 0.1) is 19.8 Å². The number of carbonyl (C=O) groups excluding carboxylic acids is 1. The molecule has 0 bridgehead atoms. The smallest absolute Gasteiger partial charge is 0.252 e. The lowest BCUT2D eigenvalue weighted by Gasteiger charge is -2.12. The predicted molar refractivity (Wildman–Crippen MR) is 82.4 cm³/mol. The third-order valence-electron chi connectivity index (χ3n) is 2.97. The topological polar surface area (TPSA) is 99.4 Å². The van der Waals surface area contributed by atoms with Crippen molar-refractivity contribution in [3.8, 4) is 11.5 Å². The zero-order valence-corrected chi connectivity index (χ0v) is 12.8. The van der Waals surface area contributed by atoms with Crippen LogP contribution in [0.15, 0.2) is 24.3 Å². The molecule has 0 saturated carbocycles. The first-order chi connectivity index (χ1) is 10.5. The molecule has 2 rings (SSSR count). The van der Waals surface area contributed by atoms with Crippen molar-refractivity contribution >= 4 is 23.3 Å². The highest BCUT2D eigenvalue weighted by molar-refractivity contribution is 6.29. The van der Waals surface area contributed by atoms with Crippen LogP contribution in [-0.2, 0) is 6.54 Å². The molecule has 0 spiro atoms. The van der Waals surface area contributed by atoms with E-state index < -0.39 is 5.91 Å². The van der Waals surface area contributed by atoms with Crippen molar-refractivity contribution in [2.24, 2.45) is 5.73 Å². The number of nitrogens with zero attached hydrogens (tertiary/aromatic N) is 2. The maximum atomic E-state index is 11.4. The zero-order valence-electron chi connectivity index (χ0n) is 12.1. The van der Waals surface area contributed by atoms with Crippen LogP contribution in [-0.4, -0.2) is 30.3 Å². The molecule has 1 heterocycles. The summed E-state index contributed by atoms with van der Waals surface area (Å²) in [5.74, 6) is 0.954. The summed E-state index contributed by atoms with van der Waals surface area (Å²) in [6.45, 7) is 0.365. The Labute approximate surface area is 132 Å². The van der Waals surface area contributed by atoms with E-state index in [0.29, 0.717) is 18.0 Å². The molecule has 0 radical (unpaired) electrons. The van der Waals surface area contributed by atoms with Gasteiger partial charge in [-0.3, -0.25) is 4.79 Å². The van der Waals surface area contributed by atoms with Crippen LogP contribution in [0.5, 0.6) is 11.5 Å². The van der Waals surface area contributed by atoms with Gasteiger partial charge in [0.1, 0.15) is 11.5 Å². The van der Waals surface area contributed by atoms with Crippen molar-refractivity contribution in [3.05, 3.63) is 40.5 Å². The third kappa shape index (κ3) is 3.56. The molecule has 0 aliphatic carbocycles. The molecule has 3 N–H and O–H groups in total. The summed E-state index contributed by atoms with van der Waals surface area (Å²) in [6.07, 6.45) is 0. The van der Waals surface area contributed by atoms with E-state index in [1.807, 2.05) is 12.1 Å². The third-order valence-corrected chi connectivity index (χ3v) is 3.15. The van der Waals surface area contributed by atoms with E-state index in [1.54, 1.807) is 20.3 Å². The number of primary amides is 1. The quantitative estimate of drug-likeness (QED) is 0.842. The van der Waals surface area contributed by atoms with Crippen LogP contribution in [0.25, 0.3) is 0 Å². The number of methoxy groups -OCH3 is 2. The molecular weight excluding hydrogens is 308 g/mol. The number of nitrogens with one attached hydrogen (secondary N) is 1. The first kappa shape index (κ1) is 15.8. The minimum atomic E-state index is -0.638. The van der Waals surface area contributed by atoms with Crippen molar-refractivity contribution in [2.75, 3.05) is 19.5 Å². The van der Waals surface area contributed by atoms with E-state index in [9.17, 15) is 4.79 Å². The van der Waals surface area contributed by atoms with Crippen molar-refractivity contribution in [3.63, 3.8) is 0 Å². The van der Waals surface area contributed by atoms with Gasteiger partial charge in [-0.2, -0.15) is 0 Å². The summed E-state index contributed by atoms with van der Waals surface area (Å²) in [7, 11) is 3.14. The van der Waals surface area contributed by atoms with Crippen LogP contribution < -0.4 is 20.5 Å². The second-order valence-corrected chi connectivity index (χ2v) is 4.71. The minimum Gasteiger partial charge on any atom is -0.497 e. The average molecular weight is 323 g/mol.